The Bertz CT molecular complexity index is 1650. The number of guanidine groups is 1. The molecular formula is C45H67N3O5. The number of carbonyl (C=O) groups excluding carboxylic acids is 1. The van der Waals surface area contributed by atoms with E-state index in [1.807, 2.05) is 0 Å². The number of hydrogen-bond donors (Lipinski definition) is 6. The van der Waals surface area contributed by atoms with Crippen LogP contribution in [0, 0.1) is 69.5 Å². The number of nitrogens with two attached hydrogens (primary N) is 2. The highest BCUT2D eigenvalue weighted by molar-refractivity contribution is 5.95. The summed E-state index contributed by atoms with van der Waals surface area (Å²) in [5.74, 6) is 0.902. The fourth-order valence-electron chi connectivity index (χ4n) is 16.4. The molecule has 0 aromatic rings. The molecule has 0 aromatic carbocycles. The van der Waals surface area contributed by atoms with Crippen LogP contribution in [-0.4, -0.2) is 62.6 Å². The van der Waals surface area contributed by atoms with Gasteiger partial charge < -0.3 is 31.9 Å². The minimum Gasteiger partial charge on any atom is -0.392 e. The van der Waals surface area contributed by atoms with Crippen molar-refractivity contribution in [3.63, 3.8) is 0 Å². The van der Waals surface area contributed by atoms with Crippen LogP contribution in [-0.2, 0) is 4.79 Å². The van der Waals surface area contributed by atoms with Crippen molar-refractivity contribution in [1.82, 2.24) is 0 Å². The Morgan fingerprint density at radius 3 is 2.36 bits per heavy atom. The monoisotopic (exact) mass is 730 g/mol. The smallest absolute Gasteiger partial charge is 0.185 e. The van der Waals surface area contributed by atoms with Crippen LogP contribution in [0.4, 0.5) is 0 Å². The van der Waals surface area contributed by atoms with Crippen LogP contribution in [0.15, 0.2) is 38.9 Å². The predicted molar refractivity (Wildman–Crippen MR) is 206 cm³/mol. The van der Waals surface area contributed by atoms with E-state index in [1.165, 1.54) is 64.2 Å². The van der Waals surface area contributed by atoms with E-state index in [1.54, 1.807) is 28.4 Å². The molecule has 6 saturated carbocycles. The summed E-state index contributed by atoms with van der Waals surface area (Å²) in [6.07, 6.45) is 15.8. The molecule has 0 saturated heterocycles. The number of rotatable bonds is 4. The minimum atomic E-state index is -1.22. The summed E-state index contributed by atoms with van der Waals surface area (Å²) in [5, 5.41) is 48.1. The Morgan fingerprint density at radius 2 is 1.64 bits per heavy atom. The zero-order valence-corrected chi connectivity index (χ0v) is 32.8. The molecule has 6 fully saturated rings. The number of aliphatic hydroxyl groups is 4. The second-order valence-electron chi connectivity index (χ2n) is 20.7. The molecule has 0 aromatic heterocycles. The lowest BCUT2D eigenvalue weighted by Crippen LogP contribution is -2.64. The minimum absolute atomic E-state index is 0.0271. The Balaban J connectivity index is 1.13. The molecule has 8 N–H and O–H groups in total. The van der Waals surface area contributed by atoms with Gasteiger partial charge in [-0.1, -0.05) is 62.8 Å². The van der Waals surface area contributed by atoms with Crippen LogP contribution in [0.5, 0.6) is 0 Å². The maximum absolute atomic E-state index is 14.1. The molecule has 9 aliphatic rings. The van der Waals surface area contributed by atoms with Crippen molar-refractivity contribution in [2.45, 2.75) is 154 Å². The van der Waals surface area contributed by atoms with Gasteiger partial charge in [0.2, 0.25) is 0 Å². The van der Waals surface area contributed by atoms with E-state index < -0.39 is 40.7 Å². The Morgan fingerprint density at radius 1 is 0.925 bits per heavy atom. The first-order valence-corrected chi connectivity index (χ1v) is 21.7. The van der Waals surface area contributed by atoms with Gasteiger partial charge >= 0.3 is 0 Å². The standard InChI is InChI=1S/C45H67N3O5/c1-23(2)35-26-11-8-15-44(13-5-6-14-44)39(26)27-10-7-9-24-17-28(40(52)37(35)36(24)27)29-12-16-45(53)31-19-32(49)30-18-33(50)34(51)21-42(30,3)38(31)25(20-43(29,45)4)22-48-41(46)47/h19,23-25,28-30,33-34,37-40,50-53H,5-18,20-22H2,1-4H3,(H4,46,47,48)/t24-,25+,28+,29-,30+,33-,34+,37+,38+,39-,40+,42+,43-,45-/m1/s1. The predicted octanol–water partition coefficient (Wildman–Crippen LogP) is 6.11. The number of fused-ring (bicyclic) bond motifs is 8. The third-order valence-corrected chi connectivity index (χ3v) is 18.1. The zero-order chi connectivity index (χ0) is 37.4. The zero-order valence-electron chi connectivity index (χ0n) is 32.8. The first-order valence-electron chi connectivity index (χ1n) is 21.7. The number of nitrogens with zero attached hydrogens (tertiary/aromatic N) is 1. The van der Waals surface area contributed by atoms with Crippen LogP contribution < -0.4 is 11.5 Å². The maximum atomic E-state index is 14.1. The third kappa shape index (κ3) is 4.99. The lowest BCUT2D eigenvalue weighted by molar-refractivity contribution is -0.166. The van der Waals surface area contributed by atoms with Crippen molar-refractivity contribution in [2.24, 2.45) is 86.0 Å². The molecule has 9 rings (SSSR count). The number of hydrogen-bond acceptors (Lipinski definition) is 6. The lowest BCUT2D eigenvalue weighted by Gasteiger charge is -2.63. The van der Waals surface area contributed by atoms with Gasteiger partial charge in [0.05, 0.1) is 23.9 Å². The third-order valence-electron chi connectivity index (χ3n) is 18.1. The summed E-state index contributed by atoms with van der Waals surface area (Å²) in [4.78, 5) is 18.7. The fourth-order valence-corrected chi connectivity index (χ4v) is 16.4. The van der Waals surface area contributed by atoms with Crippen molar-refractivity contribution < 1.29 is 25.2 Å². The summed E-state index contributed by atoms with van der Waals surface area (Å²) in [6.45, 7) is 9.46. The average molecular weight is 730 g/mol. The molecule has 8 nitrogen and oxygen atoms in total. The molecule has 292 valence electrons. The lowest BCUT2D eigenvalue weighted by atomic mass is 9.42. The summed E-state index contributed by atoms with van der Waals surface area (Å²) in [7, 11) is 0. The first kappa shape index (κ1) is 36.6. The van der Waals surface area contributed by atoms with E-state index >= 15 is 0 Å². The number of aliphatic hydroxyl groups excluding tert-OH is 3. The topological polar surface area (TPSA) is 162 Å². The van der Waals surface area contributed by atoms with E-state index in [0.29, 0.717) is 42.6 Å². The second-order valence-corrected chi connectivity index (χ2v) is 20.7. The molecular weight excluding hydrogens is 663 g/mol. The molecule has 9 aliphatic carbocycles. The molecule has 0 heterocycles. The fraction of sp³-hybridized carbons (Fsp3) is 0.822. The number of allylic oxidation sites excluding steroid dienone is 3. The molecule has 0 radical (unpaired) electrons. The van der Waals surface area contributed by atoms with Gasteiger partial charge in [-0.2, -0.15) is 0 Å². The van der Waals surface area contributed by atoms with Gasteiger partial charge in [-0.05, 0) is 148 Å². The molecule has 0 unspecified atom stereocenters. The van der Waals surface area contributed by atoms with Crippen molar-refractivity contribution in [2.75, 3.05) is 6.54 Å². The molecule has 0 amide bonds. The number of carbonyl (C=O) groups is 1. The number of aliphatic imine (C=N–C) groups is 1. The van der Waals surface area contributed by atoms with Crippen LogP contribution in [0.3, 0.4) is 0 Å². The van der Waals surface area contributed by atoms with Gasteiger partial charge in [0, 0.05) is 29.7 Å². The van der Waals surface area contributed by atoms with E-state index in [2.05, 4.69) is 32.7 Å². The summed E-state index contributed by atoms with van der Waals surface area (Å²) in [5.41, 5.74) is 17.3. The maximum Gasteiger partial charge on any atom is 0.185 e. The highest BCUT2D eigenvalue weighted by Gasteiger charge is 2.70. The Labute approximate surface area is 317 Å². The SMILES string of the molecule is CC(C)C1=C2CCCC3(CCCC3)[C@H]2C2=C3[C@H](CCC2)C[C@@H]([C@H]2CC[C@@]4(O)C5=CC(=O)[C@@H]6C[C@@H](O)[C@@H](O)C[C@]6(C)[C@H]5[C@H](CN=C(N)N)C[C@]24C)[C@H](O)[C@@H]13. The molecule has 0 aliphatic heterocycles. The average Bonchev–Trinajstić information content (AvgIpc) is 3.67. The van der Waals surface area contributed by atoms with Gasteiger partial charge in [0.1, 0.15) is 0 Å². The van der Waals surface area contributed by atoms with E-state index in [9.17, 15) is 25.2 Å². The first-order chi connectivity index (χ1) is 25.1. The largest absolute Gasteiger partial charge is 0.392 e. The van der Waals surface area contributed by atoms with Crippen LogP contribution in [0.25, 0.3) is 0 Å². The van der Waals surface area contributed by atoms with Crippen LogP contribution in [0.2, 0.25) is 0 Å². The summed E-state index contributed by atoms with van der Waals surface area (Å²) in [6, 6.07) is 0. The van der Waals surface area contributed by atoms with Gasteiger partial charge in [0.25, 0.3) is 0 Å². The molecule has 1 spiro atoms. The highest BCUT2D eigenvalue weighted by Crippen LogP contribution is 2.72. The van der Waals surface area contributed by atoms with Crippen molar-refractivity contribution >= 4 is 11.7 Å². The van der Waals surface area contributed by atoms with Crippen molar-refractivity contribution in [3.8, 4) is 0 Å². The number of ketones is 1. The van der Waals surface area contributed by atoms with E-state index in [4.69, 9.17) is 11.5 Å². The molecule has 8 heteroatoms. The van der Waals surface area contributed by atoms with Gasteiger partial charge in [-0.25, -0.2) is 0 Å². The normalized spacial score (nSPS) is 48.5. The summed E-state index contributed by atoms with van der Waals surface area (Å²) < 4.78 is 0. The molecule has 14 atom stereocenters. The quantitative estimate of drug-likeness (QED) is 0.116. The molecule has 53 heavy (non-hydrogen) atoms. The van der Waals surface area contributed by atoms with Crippen molar-refractivity contribution in [3.05, 3.63) is 33.9 Å². The van der Waals surface area contributed by atoms with Gasteiger partial charge in [0.15, 0.2) is 11.7 Å². The van der Waals surface area contributed by atoms with Crippen LogP contribution >= 0.6 is 0 Å². The Kier molecular flexibility index (Phi) is 8.64. The van der Waals surface area contributed by atoms with E-state index in [-0.39, 0.29) is 54.2 Å². The highest BCUT2D eigenvalue weighted by atomic mass is 16.3. The molecule has 0 bridgehead atoms. The van der Waals surface area contributed by atoms with Crippen LogP contribution in [0.1, 0.15) is 130 Å². The second kappa shape index (κ2) is 12.5. The van der Waals surface area contributed by atoms with E-state index in [0.717, 1.165) is 18.4 Å². The Hall–Kier alpha value is -2.00. The summed E-state index contributed by atoms with van der Waals surface area (Å²) >= 11 is 0. The van der Waals surface area contributed by atoms with Gasteiger partial charge in [-0.3, -0.25) is 9.79 Å². The van der Waals surface area contributed by atoms with Gasteiger partial charge in [-0.15, -0.1) is 0 Å². The van der Waals surface area contributed by atoms with Crippen molar-refractivity contribution in [1.29, 1.82) is 0 Å².